The Kier molecular flexibility index (Phi) is 4.58. The summed E-state index contributed by atoms with van der Waals surface area (Å²) >= 11 is 0. The van der Waals surface area contributed by atoms with Gasteiger partial charge in [0.15, 0.2) is 0 Å². The Morgan fingerprint density at radius 2 is 2.26 bits per heavy atom. The highest BCUT2D eigenvalue weighted by Crippen LogP contribution is 2.28. The van der Waals surface area contributed by atoms with E-state index in [-0.39, 0.29) is 5.54 Å². The molecular weight excluding hydrogens is 234 g/mol. The van der Waals surface area contributed by atoms with E-state index in [1.54, 1.807) is 0 Å². The first kappa shape index (κ1) is 14.5. The minimum absolute atomic E-state index is 0.231. The van der Waals surface area contributed by atoms with Crippen LogP contribution in [0.25, 0.3) is 0 Å². The molecule has 1 saturated heterocycles. The second kappa shape index (κ2) is 6.02. The minimum atomic E-state index is 0.231. The van der Waals surface area contributed by atoms with Gasteiger partial charge in [-0.2, -0.15) is 0 Å². The van der Waals surface area contributed by atoms with Crippen molar-refractivity contribution >= 4 is 0 Å². The molecule has 0 aromatic carbocycles. The SMILES string of the molecule is CCC1CNC(C)(CC)CN1C(C)c1ccccn1. The smallest absolute Gasteiger partial charge is 0.0572 e. The van der Waals surface area contributed by atoms with Crippen LogP contribution < -0.4 is 5.32 Å². The van der Waals surface area contributed by atoms with Crippen LogP contribution in [0.15, 0.2) is 24.4 Å². The first-order valence-corrected chi connectivity index (χ1v) is 7.51. The monoisotopic (exact) mass is 261 g/mol. The molecule has 1 aliphatic rings. The highest BCUT2D eigenvalue weighted by molar-refractivity contribution is 5.10. The van der Waals surface area contributed by atoms with Gasteiger partial charge in [0.05, 0.1) is 5.69 Å². The molecule has 0 bridgehead atoms. The zero-order chi connectivity index (χ0) is 13.9. The van der Waals surface area contributed by atoms with Crippen molar-refractivity contribution in [2.75, 3.05) is 13.1 Å². The van der Waals surface area contributed by atoms with Crippen LogP contribution in [-0.2, 0) is 0 Å². The molecule has 0 spiro atoms. The highest BCUT2D eigenvalue weighted by Gasteiger charge is 2.36. The lowest BCUT2D eigenvalue weighted by atomic mass is 9.91. The molecule has 1 aromatic rings. The van der Waals surface area contributed by atoms with Crippen LogP contribution in [0.5, 0.6) is 0 Å². The molecule has 2 heterocycles. The molecule has 3 nitrogen and oxygen atoms in total. The second-order valence-corrected chi connectivity index (χ2v) is 5.96. The average Bonchev–Trinajstić information content (AvgIpc) is 2.47. The zero-order valence-corrected chi connectivity index (χ0v) is 12.7. The molecule has 0 aliphatic carbocycles. The Bertz CT molecular complexity index is 392. The molecule has 1 aromatic heterocycles. The number of nitrogens with zero attached hydrogens (tertiary/aromatic N) is 2. The number of pyridine rings is 1. The fraction of sp³-hybridized carbons (Fsp3) is 0.688. The van der Waals surface area contributed by atoms with Crippen molar-refractivity contribution in [3.63, 3.8) is 0 Å². The largest absolute Gasteiger partial charge is 0.309 e. The van der Waals surface area contributed by atoms with E-state index in [1.807, 2.05) is 12.3 Å². The standard InChI is InChI=1S/C16H27N3/c1-5-14-11-18-16(4,6-2)12-19(14)13(3)15-9-7-8-10-17-15/h7-10,13-14,18H,5-6,11-12H2,1-4H3. The summed E-state index contributed by atoms with van der Waals surface area (Å²) in [6.45, 7) is 11.3. The van der Waals surface area contributed by atoms with Gasteiger partial charge < -0.3 is 5.32 Å². The molecular formula is C16H27N3. The number of rotatable bonds is 4. The summed E-state index contributed by atoms with van der Waals surface area (Å²) in [5, 5.41) is 3.72. The number of piperazine rings is 1. The van der Waals surface area contributed by atoms with Crippen molar-refractivity contribution in [3.8, 4) is 0 Å². The van der Waals surface area contributed by atoms with Crippen LogP contribution in [0.1, 0.15) is 52.3 Å². The van der Waals surface area contributed by atoms with Crippen molar-refractivity contribution in [3.05, 3.63) is 30.1 Å². The van der Waals surface area contributed by atoms with Gasteiger partial charge in [-0.15, -0.1) is 0 Å². The molecule has 0 amide bonds. The number of hydrogen-bond acceptors (Lipinski definition) is 3. The predicted octanol–water partition coefficient (Wildman–Crippen LogP) is 3.00. The van der Waals surface area contributed by atoms with Gasteiger partial charge in [0.2, 0.25) is 0 Å². The summed E-state index contributed by atoms with van der Waals surface area (Å²) in [6.07, 6.45) is 4.24. The van der Waals surface area contributed by atoms with E-state index in [1.165, 1.54) is 12.1 Å². The molecule has 3 unspecified atom stereocenters. The van der Waals surface area contributed by atoms with Crippen LogP contribution in [0.2, 0.25) is 0 Å². The second-order valence-electron chi connectivity index (χ2n) is 5.96. The molecule has 106 valence electrons. The Morgan fingerprint density at radius 3 is 2.84 bits per heavy atom. The Hall–Kier alpha value is -0.930. The van der Waals surface area contributed by atoms with E-state index in [9.17, 15) is 0 Å². The van der Waals surface area contributed by atoms with Gasteiger partial charge >= 0.3 is 0 Å². The first-order valence-electron chi connectivity index (χ1n) is 7.51. The van der Waals surface area contributed by atoms with E-state index in [2.05, 4.69) is 55.0 Å². The van der Waals surface area contributed by atoms with Crippen LogP contribution >= 0.6 is 0 Å². The van der Waals surface area contributed by atoms with Gasteiger partial charge in [-0.1, -0.05) is 19.9 Å². The number of aromatic nitrogens is 1. The summed E-state index contributed by atoms with van der Waals surface area (Å²) in [5.74, 6) is 0. The lowest BCUT2D eigenvalue weighted by Gasteiger charge is -2.48. The summed E-state index contributed by atoms with van der Waals surface area (Å²) < 4.78 is 0. The van der Waals surface area contributed by atoms with Crippen LogP contribution in [0.3, 0.4) is 0 Å². The molecule has 1 aliphatic heterocycles. The quantitative estimate of drug-likeness (QED) is 0.903. The summed E-state index contributed by atoms with van der Waals surface area (Å²) in [6, 6.07) is 7.21. The van der Waals surface area contributed by atoms with Crippen LogP contribution in [-0.4, -0.2) is 34.6 Å². The van der Waals surface area contributed by atoms with Gasteiger partial charge in [0.25, 0.3) is 0 Å². The van der Waals surface area contributed by atoms with E-state index in [0.717, 1.165) is 19.5 Å². The van der Waals surface area contributed by atoms with Gasteiger partial charge in [-0.05, 0) is 38.8 Å². The molecule has 19 heavy (non-hydrogen) atoms. The molecule has 3 heteroatoms. The van der Waals surface area contributed by atoms with Crippen molar-refractivity contribution in [2.24, 2.45) is 0 Å². The molecule has 0 saturated carbocycles. The third-order valence-electron chi connectivity index (χ3n) is 4.63. The molecule has 1 fully saturated rings. The van der Waals surface area contributed by atoms with Crippen molar-refractivity contribution in [1.82, 2.24) is 15.2 Å². The maximum absolute atomic E-state index is 4.53. The lowest BCUT2D eigenvalue weighted by molar-refractivity contribution is 0.0479. The zero-order valence-electron chi connectivity index (χ0n) is 12.7. The van der Waals surface area contributed by atoms with Crippen LogP contribution in [0.4, 0.5) is 0 Å². The van der Waals surface area contributed by atoms with Gasteiger partial charge in [-0.25, -0.2) is 0 Å². The summed E-state index contributed by atoms with van der Waals surface area (Å²) in [7, 11) is 0. The maximum atomic E-state index is 4.53. The fourth-order valence-corrected chi connectivity index (χ4v) is 2.93. The normalized spacial score (nSPS) is 30.2. The maximum Gasteiger partial charge on any atom is 0.0572 e. The van der Waals surface area contributed by atoms with Gasteiger partial charge in [0.1, 0.15) is 0 Å². The topological polar surface area (TPSA) is 28.2 Å². The minimum Gasteiger partial charge on any atom is -0.309 e. The number of hydrogen-bond donors (Lipinski definition) is 1. The first-order chi connectivity index (χ1) is 9.09. The molecule has 0 radical (unpaired) electrons. The third kappa shape index (κ3) is 3.15. The van der Waals surface area contributed by atoms with Crippen LogP contribution in [0, 0.1) is 0 Å². The van der Waals surface area contributed by atoms with Crippen molar-refractivity contribution < 1.29 is 0 Å². The summed E-state index contributed by atoms with van der Waals surface area (Å²) in [5.41, 5.74) is 1.41. The molecule has 2 rings (SSSR count). The fourth-order valence-electron chi connectivity index (χ4n) is 2.93. The Morgan fingerprint density at radius 1 is 1.47 bits per heavy atom. The van der Waals surface area contributed by atoms with Crippen molar-refractivity contribution in [1.29, 1.82) is 0 Å². The van der Waals surface area contributed by atoms with E-state index in [4.69, 9.17) is 0 Å². The van der Waals surface area contributed by atoms with E-state index < -0.39 is 0 Å². The summed E-state index contributed by atoms with van der Waals surface area (Å²) in [4.78, 5) is 7.16. The predicted molar refractivity (Wildman–Crippen MR) is 80.1 cm³/mol. The average molecular weight is 261 g/mol. The number of nitrogens with one attached hydrogen (secondary N) is 1. The highest BCUT2D eigenvalue weighted by atomic mass is 15.3. The molecule has 3 atom stereocenters. The molecule has 1 N–H and O–H groups in total. The van der Waals surface area contributed by atoms with E-state index >= 15 is 0 Å². The lowest BCUT2D eigenvalue weighted by Crippen LogP contribution is -2.62. The van der Waals surface area contributed by atoms with Gasteiger partial charge in [-0.3, -0.25) is 9.88 Å². The van der Waals surface area contributed by atoms with Gasteiger partial charge in [0, 0.05) is 36.9 Å². The third-order valence-corrected chi connectivity index (χ3v) is 4.63. The Labute approximate surface area is 117 Å². The van der Waals surface area contributed by atoms with E-state index in [0.29, 0.717) is 12.1 Å². The van der Waals surface area contributed by atoms with Crippen molar-refractivity contribution in [2.45, 2.75) is 58.2 Å². The Balaban J connectivity index is 2.18.